The molecule has 0 aromatic heterocycles. The number of hydrogen-bond acceptors (Lipinski definition) is 4. The van der Waals surface area contributed by atoms with Crippen molar-refractivity contribution in [2.24, 2.45) is 0 Å². The van der Waals surface area contributed by atoms with E-state index in [1.54, 1.807) is 13.8 Å². The van der Waals surface area contributed by atoms with Crippen molar-refractivity contribution in [1.82, 2.24) is 4.90 Å². The average molecular weight is 237 g/mol. The lowest BCUT2D eigenvalue weighted by molar-refractivity contribution is 0.164. The van der Waals surface area contributed by atoms with E-state index in [9.17, 15) is 8.42 Å². The Morgan fingerprint density at radius 1 is 1.33 bits per heavy atom. The SMILES string of the molecule is CCS(=O)(=O)CCCN(C)CCC(C)O. The van der Waals surface area contributed by atoms with Gasteiger partial charge in [-0.15, -0.1) is 0 Å². The van der Waals surface area contributed by atoms with Crippen molar-refractivity contribution in [2.75, 3.05) is 31.6 Å². The second-order valence-corrected chi connectivity index (χ2v) is 6.50. The molecule has 0 spiro atoms. The fourth-order valence-electron chi connectivity index (χ4n) is 1.22. The summed E-state index contributed by atoms with van der Waals surface area (Å²) in [5.74, 6) is 0.493. The highest BCUT2D eigenvalue weighted by Gasteiger charge is 2.08. The van der Waals surface area contributed by atoms with Crippen molar-refractivity contribution in [3.63, 3.8) is 0 Å². The summed E-state index contributed by atoms with van der Waals surface area (Å²) in [5, 5.41) is 9.07. The highest BCUT2D eigenvalue weighted by molar-refractivity contribution is 7.91. The number of sulfone groups is 1. The molecule has 0 fully saturated rings. The van der Waals surface area contributed by atoms with E-state index in [2.05, 4.69) is 4.90 Å². The number of nitrogens with zero attached hydrogens (tertiary/aromatic N) is 1. The molecule has 0 aliphatic rings. The van der Waals surface area contributed by atoms with Crippen LogP contribution in [0.15, 0.2) is 0 Å². The van der Waals surface area contributed by atoms with Crippen LogP contribution in [-0.4, -0.2) is 56.2 Å². The summed E-state index contributed by atoms with van der Waals surface area (Å²) >= 11 is 0. The van der Waals surface area contributed by atoms with Crippen molar-refractivity contribution in [3.8, 4) is 0 Å². The minimum Gasteiger partial charge on any atom is -0.393 e. The van der Waals surface area contributed by atoms with E-state index in [0.29, 0.717) is 6.42 Å². The monoisotopic (exact) mass is 237 g/mol. The number of aliphatic hydroxyl groups is 1. The topological polar surface area (TPSA) is 57.6 Å². The van der Waals surface area contributed by atoms with Gasteiger partial charge in [-0.3, -0.25) is 0 Å². The molecular weight excluding hydrogens is 214 g/mol. The Hall–Kier alpha value is -0.130. The van der Waals surface area contributed by atoms with Crippen molar-refractivity contribution in [1.29, 1.82) is 0 Å². The normalized spacial score (nSPS) is 14.5. The molecule has 1 unspecified atom stereocenters. The Bertz CT molecular complexity index is 249. The fourth-order valence-corrected chi connectivity index (χ4v) is 2.08. The van der Waals surface area contributed by atoms with Crippen molar-refractivity contribution < 1.29 is 13.5 Å². The van der Waals surface area contributed by atoms with Gasteiger partial charge >= 0.3 is 0 Å². The quantitative estimate of drug-likeness (QED) is 0.668. The average Bonchev–Trinajstić information content (AvgIpc) is 2.14. The van der Waals surface area contributed by atoms with Gasteiger partial charge in [0.15, 0.2) is 0 Å². The molecular formula is C10H23NO3S. The summed E-state index contributed by atoms with van der Waals surface area (Å²) in [6.07, 6.45) is 1.12. The number of rotatable bonds is 8. The van der Waals surface area contributed by atoms with Gasteiger partial charge in [-0.2, -0.15) is 0 Å². The highest BCUT2D eigenvalue weighted by atomic mass is 32.2. The van der Waals surface area contributed by atoms with E-state index in [1.807, 2.05) is 7.05 Å². The molecule has 0 amide bonds. The zero-order chi connectivity index (χ0) is 11.9. The standard InChI is InChI=1S/C10H23NO3S/c1-4-15(13,14)9-5-7-11(3)8-6-10(2)12/h10,12H,4-9H2,1-3H3. The first-order valence-corrected chi connectivity index (χ1v) is 7.26. The largest absolute Gasteiger partial charge is 0.393 e. The summed E-state index contributed by atoms with van der Waals surface area (Å²) in [5.41, 5.74) is 0. The van der Waals surface area contributed by atoms with Crippen molar-refractivity contribution in [2.45, 2.75) is 32.8 Å². The van der Waals surface area contributed by atoms with Crippen LogP contribution >= 0.6 is 0 Å². The Balaban J connectivity index is 3.59. The van der Waals surface area contributed by atoms with Crippen LogP contribution in [0.4, 0.5) is 0 Å². The van der Waals surface area contributed by atoms with E-state index in [0.717, 1.165) is 19.5 Å². The van der Waals surface area contributed by atoms with E-state index in [-0.39, 0.29) is 17.6 Å². The third kappa shape index (κ3) is 8.84. The first kappa shape index (κ1) is 14.9. The minimum atomic E-state index is -2.82. The first-order chi connectivity index (χ1) is 6.87. The third-order valence-corrected chi connectivity index (χ3v) is 4.15. The van der Waals surface area contributed by atoms with Gasteiger partial charge in [-0.1, -0.05) is 6.92 Å². The van der Waals surface area contributed by atoms with E-state index >= 15 is 0 Å². The number of hydrogen-bond donors (Lipinski definition) is 1. The van der Waals surface area contributed by atoms with E-state index < -0.39 is 9.84 Å². The number of aliphatic hydroxyl groups excluding tert-OH is 1. The summed E-state index contributed by atoms with van der Waals surface area (Å²) in [7, 11) is -0.877. The molecule has 4 nitrogen and oxygen atoms in total. The van der Waals surface area contributed by atoms with Crippen LogP contribution in [0, 0.1) is 0 Å². The van der Waals surface area contributed by atoms with Crippen LogP contribution in [0.1, 0.15) is 26.7 Å². The molecule has 0 saturated carbocycles. The molecule has 0 bridgehead atoms. The van der Waals surface area contributed by atoms with Crippen LogP contribution in [-0.2, 0) is 9.84 Å². The van der Waals surface area contributed by atoms with Crippen molar-refractivity contribution in [3.05, 3.63) is 0 Å². The Kier molecular flexibility index (Phi) is 7.13. The van der Waals surface area contributed by atoms with Crippen LogP contribution in [0.3, 0.4) is 0 Å². The van der Waals surface area contributed by atoms with E-state index in [4.69, 9.17) is 5.11 Å². The Morgan fingerprint density at radius 3 is 2.40 bits per heavy atom. The molecule has 0 aliphatic heterocycles. The molecule has 0 saturated heterocycles. The summed E-state index contributed by atoms with van der Waals surface area (Å²) in [6.45, 7) is 5.01. The van der Waals surface area contributed by atoms with E-state index in [1.165, 1.54) is 0 Å². The predicted octanol–water partition coefficient (Wildman–Crippen LogP) is 0.514. The summed E-state index contributed by atoms with van der Waals surface area (Å²) < 4.78 is 22.4. The minimum absolute atomic E-state index is 0.227. The van der Waals surface area contributed by atoms with Gasteiger partial charge in [-0.25, -0.2) is 8.42 Å². The molecule has 0 aromatic carbocycles. The van der Waals surface area contributed by atoms with Crippen molar-refractivity contribution >= 4 is 9.84 Å². The second-order valence-electron chi connectivity index (χ2n) is 4.03. The van der Waals surface area contributed by atoms with Gasteiger partial charge in [0.1, 0.15) is 9.84 Å². The van der Waals surface area contributed by atoms with Gasteiger partial charge in [0.05, 0.1) is 11.9 Å². The fraction of sp³-hybridized carbons (Fsp3) is 1.00. The van der Waals surface area contributed by atoms with Crippen LogP contribution < -0.4 is 0 Å². The van der Waals surface area contributed by atoms with Gasteiger partial charge in [-0.05, 0) is 33.4 Å². The van der Waals surface area contributed by atoms with Gasteiger partial charge < -0.3 is 10.0 Å². The molecule has 0 radical (unpaired) electrons. The molecule has 1 N–H and O–H groups in total. The zero-order valence-electron chi connectivity index (χ0n) is 9.94. The van der Waals surface area contributed by atoms with Gasteiger partial charge in [0.25, 0.3) is 0 Å². The molecule has 0 aromatic rings. The van der Waals surface area contributed by atoms with Crippen LogP contribution in [0.5, 0.6) is 0 Å². The Labute approximate surface area is 93.2 Å². The molecule has 1 atom stereocenters. The van der Waals surface area contributed by atoms with Gasteiger partial charge in [0, 0.05) is 12.3 Å². The maximum Gasteiger partial charge on any atom is 0.150 e. The predicted molar refractivity (Wildman–Crippen MR) is 62.7 cm³/mol. The molecule has 5 heteroatoms. The summed E-state index contributed by atoms with van der Waals surface area (Å²) in [6, 6.07) is 0. The third-order valence-electron chi connectivity index (χ3n) is 2.36. The maximum atomic E-state index is 11.2. The summed E-state index contributed by atoms with van der Waals surface area (Å²) in [4.78, 5) is 2.05. The Morgan fingerprint density at radius 2 is 1.93 bits per heavy atom. The molecule has 0 heterocycles. The van der Waals surface area contributed by atoms with Gasteiger partial charge in [0.2, 0.25) is 0 Å². The lowest BCUT2D eigenvalue weighted by atomic mass is 10.3. The second kappa shape index (κ2) is 7.19. The molecule has 15 heavy (non-hydrogen) atoms. The lowest BCUT2D eigenvalue weighted by Crippen LogP contribution is -2.25. The molecule has 92 valence electrons. The first-order valence-electron chi connectivity index (χ1n) is 5.44. The lowest BCUT2D eigenvalue weighted by Gasteiger charge is -2.17. The smallest absolute Gasteiger partial charge is 0.150 e. The zero-order valence-corrected chi connectivity index (χ0v) is 10.8. The molecule has 0 rings (SSSR count). The highest BCUT2D eigenvalue weighted by Crippen LogP contribution is 1.98. The van der Waals surface area contributed by atoms with Crippen LogP contribution in [0.25, 0.3) is 0 Å². The molecule has 0 aliphatic carbocycles. The van der Waals surface area contributed by atoms with Crippen LogP contribution in [0.2, 0.25) is 0 Å². The maximum absolute atomic E-state index is 11.2.